The van der Waals surface area contributed by atoms with E-state index in [-0.39, 0.29) is 5.78 Å². The zero-order valence-electron chi connectivity index (χ0n) is 10.1. The Morgan fingerprint density at radius 2 is 1.90 bits per heavy atom. The molecule has 2 aromatic rings. The second kappa shape index (κ2) is 6.83. The highest BCUT2D eigenvalue weighted by molar-refractivity contribution is 14.1. The van der Waals surface area contributed by atoms with Crippen LogP contribution in [-0.4, -0.2) is 5.78 Å². The van der Waals surface area contributed by atoms with Crippen LogP contribution < -0.4 is 0 Å². The van der Waals surface area contributed by atoms with Crippen LogP contribution in [0.25, 0.3) is 0 Å². The highest BCUT2D eigenvalue weighted by atomic mass is 127. The van der Waals surface area contributed by atoms with Crippen molar-refractivity contribution in [2.24, 2.45) is 0 Å². The van der Waals surface area contributed by atoms with Gasteiger partial charge in [-0.1, -0.05) is 50.1 Å². The number of carbonyl (C=O) groups is 1. The van der Waals surface area contributed by atoms with Crippen LogP contribution in [0.2, 0.25) is 0 Å². The molecule has 0 aliphatic heterocycles. The van der Waals surface area contributed by atoms with Gasteiger partial charge in [-0.3, -0.25) is 4.79 Å². The zero-order chi connectivity index (χ0) is 14.7. The number of halogens is 3. The maximum Gasteiger partial charge on any atom is 0.185 e. The second-order valence-electron chi connectivity index (χ2n) is 4.07. The van der Waals surface area contributed by atoms with Crippen molar-refractivity contribution < 1.29 is 4.79 Å². The van der Waals surface area contributed by atoms with Crippen molar-refractivity contribution in [2.75, 3.05) is 0 Å². The summed E-state index contributed by atoms with van der Waals surface area (Å²) in [5.41, 5.74) is 1.25. The Bertz CT molecular complexity index is 709. The molecule has 1 atom stereocenters. The molecular formula is C15H8Br2INO. The Balaban J connectivity index is 2.48. The van der Waals surface area contributed by atoms with E-state index in [0.29, 0.717) is 11.1 Å². The number of hydrogen-bond donors (Lipinski definition) is 0. The summed E-state index contributed by atoms with van der Waals surface area (Å²) in [5, 5.41) is 9.39. The molecule has 0 aliphatic rings. The topological polar surface area (TPSA) is 40.9 Å². The van der Waals surface area contributed by atoms with E-state index in [9.17, 15) is 10.1 Å². The molecule has 2 nitrogen and oxygen atoms in total. The molecule has 2 rings (SSSR count). The molecule has 0 heterocycles. The SMILES string of the molecule is N#CC(C(=O)c1cc(Br)ccc1I)c1ccccc1Br. The predicted molar refractivity (Wildman–Crippen MR) is 93.7 cm³/mol. The Morgan fingerprint density at radius 1 is 1.20 bits per heavy atom. The monoisotopic (exact) mass is 503 g/mol. The average Bonchev–Trinajstić information content (AvgIpc) is 2.44. The molecule has 100 valence electrons. The van der Waals surface area contributed by atoms with E-state index in [4.69, 9.17) is 0 Å². The van der Waals surface area contributed by atoms with Gasteiger partial charge in [-0.15, -0.1) is 0 Å². The normalized spacial score (nSPS) is 11.7. The van der Waals surface area contributed by atoms with Crippen LogP contribution in [0.3, 0.4) is 0 Å². The summed E-state index contributed by atoms with van der Waals surface area (Å²) in [5.74, 6) is -1.00. The summed E-state index contributed by atoms with van der Waals surface area (Å²) in [6, 6.07) is 14.9. The molecule has 0 spiro atoms. The summed E-state index contributed by atoms with van der Waals surface area (Å²) in [4.78, 5) is 12.6. The molecule has 5 heteroatoms. The zero-order valence-corrected chi connectivity index (χ0v) is 15.4. The smallest absolute Gasteiger partial charge is 0.185 e. The first-order valence-corrected chi connectivity index (χ1v) is 8.34. The van der Waals surface area contributed by atoms with Crippen LogP contribution in [0.1, 0.15) is 21.8 Å². The van der Waals surface area contributed by atoms with Crippen molar-refractivity contribution in [3.05, 3.63) is 66.1 Å². The van der Waals surface area contributed by atoms with Gasteiger partial charge in [-0.25, -0.2) is 0 Å². The lowest BCUT2D eigenvalue weighted by Gasteiger charge is -2.12. The van der Waals surface area contributed by atoms with Crippen molar-refractivity contribution in [1.29, 1.82) is 5.26 Å². The number of Topliss-reactive ketones (excluding diaryl/α,β-unsaturated/α-hetero) is 1. The maximum atomic E-state index is 12.6. The summed E-state index contributed by atoms with van der Waals surface area (Å²) in [6.45, 7) is 0. The third-order valence-corrected chi connectivity index (χ3v) is 4.96. The van der Waals surface area contributed by atoms with Crippen molar-refractivity contribution in [3.63, 3.8) is 0 Å². The number of nitriles is 1. The fraction of sp³-hybridized carbons (Fsp3) is 0.0667. The molecule has 0 saturated carbocycles. The second-order valence-corrected chi connectivity index (χ2v) is 7.00. The molecule has 0 aromatic heterocycles. The number of nitrogens with zero attached hydrogens (tertiary/aromatic N) is 1. The molecule has 1 unspecified atom stereocenters. The molecule has 0 bridgehead atoms. The van der Waals surface area contributed by atoms with Crippen LogP contribution >= 0.6 is 54.5 Å². The number of carbonyl (C=O) groups excluding carboxylic acids is 1. The molecule has 0 N–H and O–H groups in total. The quantitative estimate of drug-likeness (QED) is 0.420. The Morgan fingerprint density at radius 3 is 2.55 bits per heavy atom. The summed E-state index contributed by atoms with van der Waals surface area (Å²) in [6.07, 6.45) is 0. The van der Waals surface area contributed by atoms with Crippen molar-refractivity contribution in [1.82, 2.24) is 0 Å². The van der Waals surface area contributed by atoms with Crippen LogP contribution in [-0.2, 0) is 0 Å². The average molecular weight is 505 g/mol. The van der Waals surface area contributed by atoms with Gasteiger partial charge in [0.2, 0.25) is 0 Å². The minimum atomic E-state index is -0.812. The molecule has 0 saturated heterocycles. The molecule has 2 aromatic carbocycles. The molecule has 0 fully saturated rings. The highest BCUT2D eigenvalue weighted by Crippen LogP contribution is 2.29. The van der Waals surface area contributed by atoms with Crippen LogP contribution in [0.4, 0.5) is 0 Å². The summed E-state index contributed by atoms with van der Waals surface area (Å²) < 4.78 is 2.43. The Kier molecular flexibility index (Phi) is 5.35. The first-order valence-electron chi connectivity index (χ1n) is 5.68. The van der Waals surface area contributed by atoms with E-state index >= 15 is 0 Å². The van der Waals surface area contributed by atoms with E-state index in [2.05, 4.69) is 60.5 Å². The van der Waals surface area contributed by atoms with Gasteiger partial charge >= 0.3 is 0 Å². The standard InChI is InChI=1S/C15H8Br2INO/c16-9-5-6-14(18)11(7-9)15(20)12(8-19)10-3-1-2-4-13(10)17/h1-7,12H. The van der Waals surface area contributed by atoms with Gasteiger partial charge in [0.15, 0.2) is 5.78 Å². The third kappa shape index (κ3) is 3.30. The first kappa shape index (κ1) is 15.7. The minimum absolute atomic E-state index is 0.190. The molecule has 0 aliphatic carbocycles. The number of hydrogen-bond acceptors (Lipinski definition) is 2. The molecular weight excluding hydrogens is 497 g/mol. The van der Waals surface area contributed by atoms with Gasteiger partial charge in [-0.05, 0) is 52.4 Å². The van der Waals surface area contributed by atoms with E-state index in [0.717, 1.165) is 12.5 Å². The fourth-order valence-corrected chi connectivity index (χ4v) is 3.30. The van der Waals surface area contributed by atoms with Crippen LogP contribution in [0, 0.1) is 14.9 Å². The highest BCUT2D eigenvalue weighted by Gasteiger charge is 2.25. The Labute approximate surface area is 147 Å². The van der Waals surface area contributed by atoms with Gasteiger partial charge < -0.3 is 0 Å². The fourth-order valence-electron chi connectivity index (χ4n) is 1.82. The number of ketones is 1. The lowest BCUT2D eigenvalue weighted by atomic mass is 9.92. The van der Waals surface area contributed by atoms with Gasteiger partial charge in [0, 0.05) is 18.1 Å². The Hall–Kier alpha value is -0.710. The van der Waals surface area contributed by atoms with Crippen LogP contribution in [0.15, 0.2) is 51.4 Å². The molecule has 0 amide bonds. The van der Waals surface area contributed by atoms with Crippen LogP contribution in [0.5, 0.6) is 0 Å². The van der Waals surface area contributed by atoms with E-state index in [1.54, 1.807) is 12.1 Å². The van der Waals surface area contributed by atoms with E-state index in [1.165, 1.54) is 0 Å². The van der Waals surface area contributed by atoms with Crippen molar-refractivity contribution in [3.8, 4) is 6.07 Å². The van der Waals surface area contributed by atoms with Gasteiger partial charge in [0.05, 0.1) is 6.07 Å². The summed E-state index contributed by atoms with van der Waals surface area (Å²) >= 11 is 8.86. The largest absolute Gasteiger partial charge is 0.292 e. The maximum absolute atomic E-state index is 12.6. The first-order chi connectivity index (χ1) is 9.54. The van der Waals surface area contributed by atoms with E-state index < -0.39 is 5.92 Å². The number of benzene rings is 2. The minimum Gasteiger partial charge on any atom is -0.292 e. The molecule has 0 radical (unpaired) electrons. The predicted octanol–water partition coefficient (Wildman–Crippen LogP) is 5.31. The van der Waals surface area contributed by atoms with Gasteiger partial charge in [0.25, 0.3) is 0 Å². The summed E-state index contributed by atoms with van der Waals surface area (Å²) in [7, 11) is 0. The molecule has 20 heavy (non-hydrogen) atoms. The van der Waals surface area contributed by atoms with Crippen molar-refractivity contribution in [2.45, 2.75) is 5.92 Å². The van der Waals surface area contributed by atoms with Gasteiger partial charge in [-0.2, -0.15) is 5.26 Å². The van der Waals surface area contributed by atoms with Gasteiger partial charge in [0.1, 0.15) is 5.92 Å². The lowest BCUT2D eigenvalue weighted by molar-refractivity contribution is 0.0977. The third-order valence-electron chi connectivity index (χ3n) is 2.80. The number of rotatable bonds is 3. The van der Waals surface area contributed by atoms with Crippen molar-refractivity contribution >= 4 is 60.2 Å². The lowest BCUT2D eigenvalue weighted by Crippen LogP contribution is -2.13. The van der Waals surface area contributed by atoms with E-state index in [1.807, 2.05) is 30.3 Å².